The summed E-state index contributed by atoms with van der Waals surface area (Å²) in [6.45, 7) is 0. The van der Waals surface area contributed by atoms with Gasteiger partial charge in [-0.15, -0.1) is 5.19 Å². The molecule has 0 radical (unpaired) electrons. The fraction of sp³-hybridized carbons (Fsp3) is 0. The van der Waals surface area contributed by atoms with Gasteiger partial charge in [0.25, 0.3) is 0 Å². The van der Waals surface area contributed by atoms with Crippen LogP contribution in [0.2, 0.25) is 0 Å². The van der Waals surface area contributed by atoms with Gasteiger partial charge in [-0.1, -0.05) is 30.3 Å². The maximum atomic E-state index is 10.3. The van der Waals surface area contributed by atoms with E-state index in [1.165, 1.54) is 24.3 Å². The zero-order chi connectivity index (χ0) is 7.61. The maximum absolute atomic E-state index is 10.3. The first kappa shape index (κ1) is 20.7. The van der Waals surface area contributed by atoms with Gasteiger partial charge in [0.05, 0.1) is 0 Å². The Morgan fingerprint density at radius 2 is 1.15 bits per heavy atom. The van der Waals surface area contributed by atoms with E-state index >= 15 is 0 Å². The summed E-state index contributed by atoms with van der Waals surface area (Å²) in [6.07, 6.45) is 0. The minimum Gasteiger partial charge on any atom is -0.878 e. The zero-order valence-electron chi connectivity index (χ0n) is 8.11. The van der Waals surface area contributed by atoms with Crippen molar-refractivity contribution in [3.8, 4) is 0 Å². The van der Waals surface area contributed by atoms with Gasteiger partial charge in [-0.05, 0) is 0 Å². The Morgan fingerprint density at radius 1 is 0.769 bits per heavy atom. The minimum atomic E-state index is -4.78. The van der Waals surface area contributed by atoms with Gasteiger partial charge in [-0.3, -0.25) is 0 Å². The van der Waals surface area contributed by atoms with Crippen molar-refractivity contribution in [1.82, 2.24) is 0 Å². The van der Waals surface area contributed by atoms with Crippen LogP contribution < -0.4 is 108 Å². The molecule has 7 heteroatoms. The number of hydrogen-bond acceptors (Lipinski definition) is 3. The molecule has 0 N–H and O–H groups in total. The van der Waals surface area contributed by atoms with E-state index in [1.54, 1.807) is 6.07 Å². The Morgan fingerprint density at radius 3 is 1.38 bits per heavy atom. The van der Waals surface area contributed by atoms with Crippen LogP contribution in [0.5, 0.6) is 0 Å². The Balaban J connectivity index is -0.000000333. The summed E-state index contributed by atoms with van der Waals surface area (Å²) < 4.78 is 0. The average molecular weight is 222 g/mol. The van der Waals surface area contributed by atoms with Crippen molar-refractivity contribution in [2.75, 3.05) is 0 Å². The van der Waals surface area contributed by atoms with Crippen molar-refractivity contribution in [2.45, 2.75) is 0 Å². The van der Waals surface area contributed by atoms with Crippen molar-refractivity contribution >= 4 is 14.0 Å². The van der Waals surface area contributed by atoms with E-state index in [4.69, 9.17) is 0 Å². The van der Waals surface area contributed by atoms with Crippen LogP contribution in [0.15, 0.2) is 30.3 Å². The fourth-order valence-corrected chi connectivity index (χ4v) is 1.24. The SMILES string of the molecule is [Na+].[Na+].[Na+].[O-][Si]([O-])([O-])c1ccccc1. The van der Waals surface area contributed by atoms with Gasteiger partial charge in [0, 0.05) is 0 Å². The van der Waals surface area contributed by atoms with Crippen LogP contribution in [0, 0.1) is 0 Å². The van der Waals surface area contributed by atoms with E-state index in [9.17, 15) is 14.4 Å². The molecule has 0 saturated heterocycles. The molecule has 0 unspecified atom stereocenters. The molecule has 3 nitrogen and oxygen atoms in total. The molecule has 0 aliphatic carbocycles. The van der Waals surface area contributed by atoms with Crippen molar-refractivity contribution in [1.29, 1.82) is 0 Å². The van der Waals surface area contributed by atoms with Crippen molar-refractivity contribution in [2.24, 2.45) is 0 Å². The van der Waals surface area contributed by atoms with Crippen LogP contribution in [0.1, 0.15) is 0 Å². The second-order valence-corrected chi connectivity index (χ2v) is 3.61. The van der Waals surface area contributed by atoms with Gasteiger partial charge in [0.1, 0.15) is 0 Å². The molecule has 1 aromatic rings. The van der Waals surface area contributed by atoms with Crippen molar-refractivity contribution in [3.05, 3.63) is 30.3 Å². The Bertz CT molecular complexity index is 214. The molecule has 13 heavy (non-hydrogen) atoms. The second-order valence-electron chi connectivity index (χ2n) is 1.92. The van der Waals surface area contributed by atoms with Crippen LogP contribution in [0.3, 0.4) is 0 Å². The van der Waals surface area contributed by atoms with Crippen LogP contribution in [0.25, 0.3) is 0 Å². The maximum Gasteiger partial charge on any atom is 1.00 e. The van der Waals surface area contributed by atoms with Gasteiger partial charge in [-0.2, -0.15) is 0 Å². The quantitative estimate of drug-likeness (QED) is 0.443. The standard InChI is InChI=1S/C6H5O3Si.3Na/c7-10(8,9)6-4-2-1-3-5-6;;;/h1-5H;;;/q-3;3*+1. The predicted octanol–water partition coefficient (Wildman–Crippen LogP) is -12.1. The third-order valence-corrected chi connectivity index (χ3v) is 2.17. The van der Waals surface area contributed by atoms with Crippen LogP contribution >= 0.6 is 0 Å². The van der Waals surface area contributed by atoms with Gasteiger partial charge >= 0.3 is 88.7 Å². The second kappa shape index (κ2) is 9.54. The Labute approximate surface area is 145 Å². The molecule has 0 fully saturated rings. The van der Waals surface area contributed by atoms with Crippen molar-refractivity contribution in [3.63, 3.8) is 0 Å². The molecule has 0 spiro atoms. The first-order valence-electron chi connectivity index (χ1n) is 2.77. The molecular weight excluding hydrogens is 217 g/mol. The van der Waals surface area contributed by atoms with E-state index in [-0.39, 0.29) is 93.9 Å². The molecule has 0 aliphatic rings. The van der Waals surface area contributed by atoms with Crippen LogP contribution in [-0.2, 0) is 0 Å². The summed E-state index contributed by atoms with van der Waals surface area (Å²) in [6, 6.07) is 7.28. The topological polar surface area (TPSA) is 69.2 Å². The fourth-order valence-electron chi connectivity index (χ4n) is 0.642. The Hall–Kier alpha value is 2.32. The number of benzene rings is 1. The molecule has 0 saturated carbocycles. The van der Waals surface area contributed by atoms with E-state index in [0.29, 0.717) is 0 Å². The Kier molecular flexibility index (Phi) is 15.2. The molecule has 0 aromatic heterocycles. The van der Waals surface area contributed by atoms with Gasteiger partial charge in [0.2, 0.25) is 0 Å². The van der Waals surface area contributed by atoms with Crippen molar-refractivity contribution < 1.29 is 103 Å². The number of rotatable bonds is 1. The first-order chi connectivity index (χ1) is 4.61. The summed E-state index contributed by atoms with van der Waals surface area (Å²) in [5.41, 5.74) is 0. The summed E-state index contributed by atoms with van der Waals surface area (Å²) in [4.78, 5) is 31.0. The summed E-state index contributed by atoms with van der Waals surface area (Å²) in [5, 5.41) is -0.130. The molecule has 0 bridgehead atoms. The molecular formula is C6H5Na3O3Si. The molecule has 1 rings (SSSR count). The van der Waals surface area contributed by atoms with Gasteiger partial charge in [0.15, 0.2) is 0 Å². The van der Waals surface area contributed by atoms with E-state index in [0.717, 1.165) is 0 Å². The first-order valence-corrected chi connectivity index (χ1v) is 4.50. The van der Waals surface area contributed by atoms with E-state index in [2.05, 4.69) is 0 Å². The third kappa shape index (κ3) is 8.16. The number of hydrogen-bond donors (Lipinski definition) is 0. The average Bonchev–Trinajstić information content (AvgIpc) is 1.88. The normalized spacial score (nSPS) is 8.85. The summed E-state index contributed by atoms with van der Waals surface area (Å²) in [7, 11) is -4.78. The smallest absolute Gasteiger partial charge is 0.878 e. The van der Waals surface area contributed by atoms with E-state index < -0.39 is 8.80 Å². The summed E-state index contributed by atoms with van der Waals surface area (Å²) in [5.74, 6) is 0. The molecule has 54 valence electrons. The van der Waals surface area contributed by atoms with Crippen LogP contribution in [0.4, 0.5) is 0 Å². The predicted molar refractivity (Wildman–Crippen MR) is 31.8 cm³/mol. The zero-order valence-corrected chi connectivity index (χ0v) is 15.1. The summed E-state index contributed by atoms with van der Waals surface area (Å²) >= 11 is 0. The van der Waals surface area contributed by atoms with E-state index in [1.807, 2.05) is 0 Å². The molecule has 0 atom stereocenters. The third-order valence-electron chi connectivity index (χ3n) is 1.13. The van der Waals surface area contributed by atoms with Gasteiger partial charge < -0.3 is 14.4 Å². The largest absolute Gasteiger partial charge is 1.00 e. The van der Waals surface area contributed by atoms with Crippen LogP contribution in [-0.4, -0.2) is 8.80 Å². The molecule has 1 aromatic carbocycles. The molecule has 0 heterocycles. The van der Waals surface area contributed by atoms with Gasteiger partial charge in [-0.25, -0.2) is 8.80 Å². The molecule has 0 aliphatic heterocycles. The molecule has 0 amide bonds. The minimum absolute atomic E-state index is 0. The monoisotopic (exact) mass is 222 g/mol.